The van der Waals surface area contributed by atoms with Gasteiger partial charge in [0.05, 0.1) is 12.8 Å². The molecule has 1 atom stereocenters. The molecule has 0 aliphatic heterocycles. The van der Waals surface area contributed by atoms with E-state index in [1.807, 2.05) is 0 Å². The van der Waals surface area contributed by atoms with Crippen LogP contribution in [0.15, 0.2) is 10.7 Å². The summed E-state index contributed by atoms with van der Waals surface area (Å²) in [5.41, 5.74) is 0.495. The van der Waals surface area contributed by atoms with Gasteiger partial charge in [-0.2, -0.15) is 0 Å². The number of aliphatic hydroxyl groups excluding tert-OH is 1. The van der Waals surface area contributed by atoms with Crippen molar-refractivity contribution in [2.24, 2.45) is 0 Å². The molecule has 0 aliphatic rings. The molecular weight excluding hydrogens is 204 g/mol. The van der Waals surface area contributed by atoms with E-state index in [1.54, 1.807) is 6.92 Å². The van der Waals surface area contributed by atoms with Gasteiger partial charge in [-0.1, -0.05) is 5.16 Å². The fourth-order valence-electron chi connectivity index (χ4n) is 0.919. The van der Waals surface area contributed by atoms with Crippen LogP contribution in [0.4, 0.5) is 0 Å². The Labute approximate surface area is 84.7 Å². The van der Waals surface area contributed by atoms with Crippen LogP contribution < -0.4 is 5.32 Å². The molecule has 0 fully saturated rings. The first-order valence-corrected chi connectivity index (χ1v) is 4.12. The second-order valence-corrected chi connectivity index (χ2v) is 2.88. The van der Waals surface area contributed by atoms with Gasteiger partial charge in [-0.25, -0.2) is 4.79 Å². The Morgan fingerprint density at radius 2 is 2.33 bits per heavy atom. The number of hydrogen-bond donors (Lipinski definition) is 3. The van der Waals surface area contributed by atoms with Crippen LogP contribution in [0.2, 0.25) is 0 Å². The van der Waals surface area contributed by atoms with Gasteiger partial charge in [0.2, 0.25) is 5.76 Å². The molecule has 0 spiro atoms. The predicted octanol–water partition coefficient (Wildman–Crippen LogP) is -0.842. The van der Waals surface area contributed by atoms with Crippen molar-refractivity contribution in [3.8, 4) is 0 Å². The second kappa shape index (κ2) is 4.56. The quantitative estimate of drug-likeness (QED) is 0.602. The second-order valence-electron chi connectivity index (χ2n) is 2.88. The van der Waals surface area contributed by atoms with Crippen molar-refractivity contribution in [1.29, 1.82) is 0 Å². The molecule has 0 saturated heterocycles. The summed E-state index contributed by atoms with van der Waals surface area (Å²) in [4.78, 5) is 21.9. The number of aliphatic hydroxyl groups is 1. The molecule has 0 radical (unpaired) electrons. The third-order valence-electron chi connectivity index (χ3n) is 1.74. The lowest BCUT2D eigenvalue weighted by Crippen LogP contribution is -2.43. The predicted molar refractivity (Wildman–Crippen MR) is 47.2 cm³/mol. The fourth-order valence-corrected chi connectivity index (χ4v) is 0.919. The Hall–Kier alpha value is -1.89. The molecule has 0 aliphatic carbocycles. The molecule has 82 valence electrons. The maximum Gasteiger partial charge on any atom is 0.328 e. The Bertz CT molecular complexity index is 373. The third-order valence-corrected chi connectivity index (χ3v) is 1.74. The topological polar surface area (TPSA) is 113 Å². The lowest BCUT2D eigenvalue weighted by molar-refractivity contribution is -0.140. The first-order chi connectivity index (χ1) is 7.06. The van der Waals surface area contributed by atoms with Crippen molar-refractivity contribution in [3.63, 3.8) is 0 Å². The van der Waals surface area contributed by atoms with Crippen LogP contribution in [0.3, 0.4) is 0 Å². The number of aryl methyl sites for hydroxylation is 1. The molecular formula is C8H10N2O5. The molecule has 15 heavy (non-hydrogen) atoms. The van der Waals surface area contributed by atoms with Crippen molar-refractivity contribution in [2.45, 2.75) is 13.0 Å². The number of carboxylic acids is 1. The van der Waals surface area contributed by atoms with Gasteiger partial charge in [0.1, 0.15) is 0 Å². The molecule has 1 aromatic rings. The van der Waals surface area contributed by atoms with E-state index in [-0.39, 0.29) is 5.76 Å². The Kier molecular flexibility index (Phi) is 3.40. The summed E-state index contributed by atoms with van der Waals surface area (Å²) in [6, 6.07) is -1.35. The Morgan fingerprint density at radius 3 is 2.73 bits per heavy atom. The molecule has 0 aromatic carbocycles. The highest BCUT2D eigenvalue weighted by molar-refractivity contribution is 5.95. The van der Waals surface area contributed by atoms with Crippen LogP contribution in [0.25, 0.3) is 0 Å². The summed E-state index contributed by atoms with van der Waals surface area (Å²) < 4.78 is 4.61. The number of carbonyl (C=O) groups excluding carboxylic acids is 1. The largest absolute Gasteiger partial charge is 0.480 e. The minimum Gasteiger partial charge on any atom is -0.480 e. The molecule has 0 unspecified atom stereocenters. The Morgan fingerprint density at radius 1 is 1.67 bits per heavy atom. The zero-order valence-electron chi connectivity index (χ0n) is 7.93. The summed E-state index contributed by atoms with van der Waals surface area (Å²) in [6.07, 6.45) is 1.34. The molecule has 7 nitrogen and oxygen atoms in total. The molecule has 3 N–H and O–H groups in total. The van der Waals surface area contributed by atoms with E-state index in [4.69, 9.17) is 10.2 Å². The Balaban J connectivity index is 2.71. The zero-order chi connectivity index (χ0) is 11.4. The van der Waals surface area contributed by atoms with Gasteiger partial charge in [0.25, 0.3) is 5.91 Å². The van der Waals surface area contributed by atoms with Gasteiger partial charge in [-0.15, -0.1) is 0 Å². The smallest absolute Gasteiger partial charge is 0.328 e. The lowest BCUT2D eigenvalue weighted by Gasteiger charge is -2.09. The van der Waals surface area contributed by atoms with Gasteiger partial charge in [0.15, 0.2) is 6.04 Å². The first kappa shape index (κ1) is 11.2. The number of amides is 1. The lowest BCUT2D eigenvalue weighted by atomic mass is 10.2. The zero-order valence-corrected chi connectivity index (χ0v) is 7.93. The van der Waals surface area contributed by atoms with E-state index < -0.39 is 24.5 Å². The third kappa shape index (κ3) is 2.53. The van der Waals surface area contributed by atoms with Gasteiger partial charge in [-0.05, 0) is 6.92 Å². The normalized spacial score (nSPS) is 12.1. The number of hydrogen-bond acceptors (Lipinski definition) is 5. The van der Waals surface area contributed by atoms with E-state index >= 15 is 0 Å². The summed E-state index contributed by atoms with van der Waals surface area (Å²) >= 11 is 0. The SMILES string of the molecule is Cc1cnoc1C(=O)N[C@H](CO)C(=O)O. The summed E-state index contributed by atoms with van der Waals surface area (Å²) in [7, 11) is 0. The van der Waals surface area contributed by atoms with Crippen molar-refractivity contribution >= 4 is 11.9 Å². The van der Waals surface area contributed by atoms with E-state index in [0.717, 1.165) is 0 Å². The molecule has 0 bridgehead atoms. The minimum atomic E-state index is -1.35. The molecule has 7 heteroatoms. The highest BCUT2D eigenvalue weighted by Gasteiger charge is 2.22. The van der Waals surface area contributed by atoms with E-state index in [2.05, 4.69) is 15.0 Å². The fraction of sp³-hybridized carbons (Fsp3) is 0.375. The van der Waals surface area contributed by atoms with Crippen molar-refractivity contribution in [3.05, 3.63) is 17.5 Å². The van der Waals surface area contributed by atoms with Crippen LogP contribution >= 0.6 is 0 Å². The van der Waals surface area contributed by atoms with Crippen LogP contribution in [-0.2, 0) is 4.79 Å². The average molecular weight is 214 g/mol. The van der Waals surface area contributed by atoms with E-state index in [0.29, 0.717) is 5.56 Å². The average Bonchev–Trinajstić information content (AvgIpc) is 2.60. The monoisotopic (exact) mass is 214 g/mol. The first-order valence-electron chi connectivity index (χ1n) is 4.12. The van der Waals surface area contributed by atoms with E-state index in [9.17, 15) is 9.59 Å². The summed E-state index contributed by atoms with van der Waals surface area (Å²) in [5, 5.41) is 22.7. The molecule has 1 amide bonds. The van der Waals surface area contributed by atoms with Crippen LogP contribution in [-0.4, -0.2) is 39.9 Å². The molecule has 1 aromatic heterocycles. The number of carbonyl (C=O) groups is 2. The number of carboxylic acid groups (broad SMARTS) is 1. The van der Waals surface area contributed by atoms with Gasteiger partial charge in [-0.3, -0.25) is 4.79 Å². The number of nitrogens with one attached hydrogen (secondary N) is 1. The minimum absolute atomic E-state index is 0.0605. The summed E-state index contributed by atoms with van der Waals surface area (Å²) in [6.45, 7) is 0.911. The van der Waals surface area contributed by atoms with E-state index in [1.165, 1.54) is 6.20 Å². The molecule has 1 heterocycles. The number of aliphatic carboxylic acids is 1. The molecule has 0 saturated carbocycles. The van der Waals surface area contributed by atoms with Crippen LogP contribution in [0.1, 0.15) is 16.1 Å². The standard InChI is InChI=1S/C8H10N2O5/c1-4-2-9-15-6(4)7(12)10-5(3-11)8(13)14/h2,5,11H,3H2,1H3,(H,10,12)(H,13,14)/t5-/m1/s1. The summed E-state index contributed by atoms with van der Waals surface area (Å²) in [5.74, 6) is -2.09. The maximum atomic E-state index is 11.4. The number of aromatic nitrogens is 1. The van der Waals surface area contributed by atoms with Crippen molar-refractivity contribution in [2.75, 3.05) is 6.61 Å². The van der Waals surface area contributed by atoms with Gasteiger partial charge >= 0.3 is 5.97 Å². The molecule has 1 rings (SSSR count). The highest BCUT2D eigenvalue weighted by Crippen LogP contribution is 2.05. The highest BCUT2D eigenvalue weighted by atomic mass is 16.5. The van der Waals surface area contributed by atoms with Crippen LogP contribution in [0.5, 0.6) is 0 Å². The van der Waals surface area contributed by atoms with Crippen molar-refractivity contribution < 1.29 is 24.3 Å². The van der Waals surface area contributed by atoms with Gasteiger partial charge in [0, 0.05) is 5.56 Å². The maximum absolute atomic E-state index is 11.4. The van der Waals surface area contributed by atoms with Crippen LogP contribution in [0, 0.1) is 6.92 Å². The number of rotatable bonds is 4. The number of nitrogens with zero attached hydrogens (tertiary/aromatic N) is 1. The van der Waals surface area contributed by atoms with Gasteiger partial charge < -0.3 is 20.1 Å². The van der Waals surface area contributed by atoms with Crippen molar-refractivity contribution in [1.82, 2.24) is 10.5 Å².